The molecule has 0 radical (unpaired) electrons. The van der Waals surface area contributed by atoms with Crippen LogP contribution in [-0.2, 0) is 4.79 Å². The van der Waals surface area contributed by atoms with Gasteiger partial charge in [0, 0.05) is 29.5 Å². The van der Waals surface area contributed by atoms with Crippen molar-refractivity contribution in [2.45, 2.75) is 25.0 Å². The first kappa shape index (κ1) is 16.2. The fourth-order valence-corrected chi connectivity index (χ4v) is 3.73. The molecular formula is C15H16N2O4S. The molecule has 6 nitrogen and oxygen atoms in total. The fourth-order valence-electron chi connectivity index (χ4n) is 2.77. The van der Waals surface area contributed by atoms with Crippen molar-refractivity contribution >= 4 is 29.1 Å². The van der Waals surface area contributed by atoms with E-state index in [-0.39, 0.29) is 16.5 Å². The number of thioether (sulfide) groups is 1. The molecule has 1 aliphatic rings. The summed E-state index contributed by atoms with van der Waals surface area (Å²) in [5.74, 6) is -1.49. The number of nitrogens with zero attached hydrogens (tertiary/aromatic N) is 2. The molecule has 0 aliphatic carbocycles. The van der Waals surface area contributed by atoms with Crippen molar-refractivity contribution in [1.29, 1.82) is 0 Å². The van der Waals surface area contributed by atoms with E-state index in [4.69, 9.17) is 0 Å². The van der Waals surface area contributed by atoms with Crippen LogP contribution in [0.4, 0.5) is 5.69 Å². The van der Waals surface area contributed by atoms with Gasteiger partial charge in [-0.2, -0.15) is 11.8 Å². The highest BCUT2D eigenvalue weighted by Gasteiger charge is 2.36. The Morgan fingerprint density at radius 1 is 1.41 bits per heavy atom. The van der Waals surface area contributed by atoms with Crippen LogP contribution in [0.25, 0.3) is 0 Å². The van der Waals surface area contributed by atoms with Crippen LogP contribution in [0.2, 0.25) is 0 Å². The largest absolute Gasteiger partial charge is 0.478 e. The highest BCUT2D eigenvalue weighted by molar-refractivity contribution is 8.00. The lowest BCUT2D eigenvalue weighted by Gasteiger charge is -2.31. The maximum atomic E-state index is 11.7. The molecule has 1 aromatic rings. The van der Waals surface area contributed by atoms with E-state index in [1.165, 1.54) is 23.9 Å². The van der Waals surface area contributed by atoms with Crippen LogP contribution >= 0.6 is 11.8 Å². The monoisotopic (exact) mass is 320 g/mol. The van der Waals surface area contributed by atoms with Crippen molar-refractivity contribution in [1.82, 2.24) is 0 Å². The molecule has 0 saturated heterocycles. The van der Waals surface area contributed by atoms with Crippen LogP contribution in [0.15, 0.2) is 40.5 Å². The number of carboxylic acid groups (broad SMARTS) is 1. The van der Waals surface area contributed by atoms with Gasteiger partial charge in [0.25, 0.3) is 5.69 Å². The minimum Gasteiger partial charge on any atom is -0.478 e. The molecule has 1 aromatic carbocycles. The van der Waals surface area contributed by atoms with Crippen molar-refractivity contribution in [3.63, 3.8) is 0 Å². The van der Waals surface area contributed by atoms with Gasteiger partial charge in [-0.15, -0.1) is 0 Å². The van der Waals surface area contributed by atoms with Crippen molar-refractivity contribution in [2.24, 2.45) is 4.99 Å². The Kier molecular flexibility index (Phi) is 4.65. The molecule has 7 heteroatoms. The molecule has 0 spiro atoms. The summed E-state index contributed by atoms with van der Waals surface area (Å²) in [6, 6.07) is 6.16. The van der Waals surface area contributed by atoms with Crippen molar-refractivity contribution in [3.05, 3.63) is 51.2 Å². The van der Waals surface area contributed by atoms with E-state index in [9.17, 15) is 20.0 Å². The van der Waals surface area contributed by atoms with Gasteiger partial charge in [0.15, 0.2) is 0 Å². The summed E-state index contributed by atoms with van der Waals surface area (Å²) in [6.45, 7) is 3.52. The highest BCUT2D eigenvalue weighted by Crippen LogP contribution is 2.40. The molecule has 2 atom stereocenters. The topological polar surface area (TPSA) is 92.8 Å². The van der Waals surface area contributed by atoms with E-state index < -0.39 is 16.8 Å². The number of rotatable bonds is 4. The molecule has 0 bridgehead atoms. The third-order valence-electron chi connectivity index (χ3n) is 3.68. The number of aliphatic imine (C=N–C) groups is 1. The molecule has 2 unspecified atom stereocenters. The van der Waals surface area contributed by atoms with Gasteiger partial charge in [0.1, 0.15) is 0 Å². The van der Waals surface area contributed by atoms with Crippen LogP contribution in [0.1, 0.15) is 25.3 Å². The number of hydrogen-bond acceptors (Lipinski definition) is 5. The van der Waals surface area contributed by atoms with Gasteiger partial charge in [0.05, 0.1) is 15.7 Å². The molecule has 0 amide bonds. The van der Waals surface area contributed by atoms with Crippen LogP contribution in [0, 0.1) is 10.1 Å². The van der Waals surface area contributed by atoms with Gasteiger partial charge in [0.2, 0.25) is 0 Å². The first-order valence-electron chi connectivity index (χ1n) is 6.63. The lowest BCUT2D eigenvalue weighted by molar-refractivity contribution is -0.384. The Morgan fingerprint density at radius 2 is 2.09 bits per heavy atom. The third-order valence-corrected chi connectivity index (χ3v) is 4.80. The number of benzene rings is 1. The number of non-ortho nitro benzene ring substituents is 1. The molecule has 0 fully saturated rings. The smallest absolute Gasteiger partial charge is 0.334 e. The van der Waals surface area contributed by atoms with Crippen LogP contribution in [-0.4, -0.2) is 33.2 Å². The number of hydrogen-bond donors (Lipinski definition) is 1. The van der Waals surface area contributed by atoms with Gasteiger partial charge >= 0.3 is 5.97 Å². The molecular weight excluding hydrogens is 304 g/mol. The first-order valence-corrected chi connectivity index (χ1v) is 7.92. The molecule has 1 heterocycles. The molecule has 1 aliphatic heterocycles. The molecule has 0 aromatic heterocycles. The second kappa shape index (κ2) is 6.31. The van der Waals surface area contributed by atoms with E-state index >= 15 is 0 Å². The SMILES string of the molecule is CSC1C(C)=NC(C)=C(C(=O)O)C1c1cccc([N+](=O)[O-])c1. The standard InChI is InChI=1S/C15H16N2O4S/c1-8-12(15(18)19)13(14(22-3)9(2)16-8)10-5-4-6-11(7-10)17(20)21/h4-7,13-14H,1-3H3,(H,18,19). The summed E-state index contributed by atoms with van der Waals surface area (Å²) < 4.78 is 0. The average molecular weight is 320 g/mol. The minimum absolute atomic E-state index is 0.0417. The van der Waals surface area contributed by atoms with Crippen molar-refractivity contribution in [3.8, 4) is 0 Å². The van der Waals surface area contributed by atoms with Gasteiger partial charge in [-0.05, 0) is 25.7 Å². The predicted octanol–water partition coefficient (Wildman–Crippen LogP) is 3.24. The molecule has 1 N–H and O–H groups in total. The van der Waals surface area contributed by atoms with Gasteiger partial charge < -0.3 is 5.11 Å². The number of aliphatic carboxylic acids is 1. The van der Waals surface area contributed by atoms with Crippen LogP contribution in [0.3, 0.4) is 0 Å². The van der Waals surface area contributed by atoms with E-state index in [1.807, 2.05) is 13.2 Å². The Hall–Kier alpha value is -2.15. The van der Waals surface area contributed by atoms with Gasteiger partial charge in [-0.3, -0.25) is 15.1 Å². The normalized spacial score (nSPS) is 21.5. The first-order chi connectivity index (χ1) is 10.4. The zero-order chi connectivity index (χ0) is 16.4. The lowest BCUT2D eigenvalue weighted by atomic mass is 9.83. The molecule has 22 heavy (non-hydrogen) atoms. The summed E-state index contributed by atoms with van der Waals surface area (Å²) >= 11 is 1.50. The zero-order valence-corrected chi connectivity index (χ0v) is 13.3. The van der Waals surface area contributed by atoms with Crippen LogP contribution in [0.5, 0.6) is 0 Å². The molecule has 116 valence electrons. The van der Waals surface area contributed by atoms with E-state index in [0.29, 0.717) is 11.3 Å². The van der Waals surface area contributed by atoms with E-state index in [0.717, 1.165) is 5.71 Å². The van der Waals surface area contributed by atoms with Crippen molar-refractivity contribution in [2.75, 3.05) is 6.26 Å². The zero-order valence-electron chi connectivity index (χ0n) is 12.4. The van der Waals surface area contributed by atoms with Gasteiger partial charge in [-0.25, -0.2) is 4.79 Å². The minimum atomic E-state index is -1.04. The quantitative estimate of drug-likeness (QED) is 0.679. The summed E-state index contributed by atoms with van der Waals surface area (Å²) in [7, 11) is 0. The molecule has 2 rings (SSSR count). The lowest BCUT2D eigenvalue weighted by Crippen LogP contribution is -2.31. The second-order valence-electron chi connectivity index (χ2n) is 5.04. The maximum absolute atomic E-state index is 11.7. The summed E-state index contributed by atoms with van der Waals surface area (Å²) in [5, 5.41) is 20.4. The highest BCUT2D eigenvalue weighted by atomic mass is 32.2. The van der Waals surface area contributed by atoms with E-state index in [1.54, 1.807) is 19.1 Å². The number of nitro groups is 1. The predicted molar refractivity (Wildman–Crippen MR) is 86.6 cm³/mol. The third kappa shape index (κ3) is 2.89. The van der Waals surface area contributed by atoms with E-state index in [2.05, 4.69) is 4.99 Å². The summed E-state index contributed by atoms with van der Waals surface area (Å²) in [6.07, 6.45) is 1.88. The Bertz CT molecular complexity index is 697. The van der Waals surface area contributed by atoms with Crippen LogP contribution < -0.4 is 0 Å². The number of carbonyl (C=O) groups is 1. The number of nitro benzene ring substituents is 1. The van der Waals surface area contributed by atoms with Gasteiger partial charge in [-0.1, -0.05) is 12.1 Å². The molecule has 0 saturated carbocycles. The maximum Gasteiger partial charge on any atom is 0.334 e. The fraction of sp³-hybridized carbons (Fsp3) is 0.333. The number of carboxylic acids is 1. The Balaban J connectivity index is 2.62. The Morgan fingerprint density at radius 3 is 2.64 bits per heavy atom. The summed E-state index contributed by atoms with van der Waals surface area (Å²) in [4.78, 5) is 26.5. The second-order valence-corrected chi connectivity index (χ2v) is 6.02. The Labute approximate surface area is 132 Å². The summed E-state index contributed by atoms with van der Waals surface area (Å²) in [5.41, 5.74) is 2.06. The number of allylic oxidation sites excluding steroid dienone is 1. The average Bonchev–Trinajstić information content (AvgIpc) is 2.46. The van der Waals surface area contributed by atoms with Crippen molar-refractivity contribution < 1.29 is 14.8 Å².